The number of hydrogen-bond donors (Lipinski definition) is 0. The van der Waals surface area contributed by atoms with Crippen molar-refractivity contribution in [1.29, 1.82) is 0 Å². The Labute approximate surface area is 418 Å². The van der Waals surface area contributed by atoms with Gasteiger partial charge in [0.25, 0.3) is 0 Å². The first-order valence-electron chi connectivity index (χ1n) is 25.1. The number of ether oxygens (including phenoxy) is 1. The van der Waals surface area contributed by atoms with Gasteiger partial charge in [-0.2, -0.15) is 0 Å². The summed E-state index contributed by atoms with van der Waals surface area (Å²) < 4.78 is 7.36. The molecule has 2 nitrogen and oxygen atoms in total. The molecular formula is C70H43NO. The van der Waals surface area contributed by atoms with E-state index in [4.69, 9.17) is 4.74 Å². The predicted molar refractivity (Wildman–Crippen MR) is 295 cm³/mol. The van der Waals surface area contributed by atoms with Crippen LogP contribution in [0.3, 0.4) is 0 Å². The van der Waals surface area contributed by atoms with Crippen molar-refractivity contribution in [2.75, 3.05) is 4.90 Å². The van der Waals surface area contributed by atoms with Gasteiger partial charge in [-0.3, -0.25) is 0 Å². The first-order valence-corrected chi connectivity index (χ1v) is 25.1. The summed E-state index contributed by atoms with van der Waals surface area (Å²) in [7, 11) is 0. The standard InChI is InChI=1S/C70H43NO/c1-2-19-44(20-3-1)47-23-16-24-48(43-47)71(63-37-17-35-59-65(63)53-29-10-14-33-57(53)69(59)55-31-12-8-27-51(55)52-28-9-13-32-56(52)69)64-38-18-36-60-66(64)54-30-11-15-34-58(54)70(60)61-41-39-45-21-4-6-25-49(45)67(61)72-68-50-26-7-5-22-46(50)40-42-62(68)70/h1-43H. The number of benzene rings is 12. The largest absolute Gasteiger partial charge is 0.455 e. The topological polar surface area (TPSA) is 12.5 Å². The number of rotatable bonds is 4. The van der Waals surface area contributed by atoms with Crippen molar-refractivity contribution in [1.82, 2.24) is 0 Å². The summed E-state index contributed by atoms with van der Waals surface area (Å²) in [6.07, 6.45) is 0. The van der Waals surface area contributed by atoms with Crippen LogP contribution < -0.4 is 9.64 Å². The van der Waals surface area contributed by atoms with Gasteiger partial charge in [0.1, 0.15) is 11.5 Å². The molecule has 1 heterocycles. The SMILES string of the molecule is c1ccc(-c2cccc(N(c3cccc4c3-c3ccccc3C43c4ccccc4-c4ccccc43)c3cccc4c3-c3ccccc3C43c4ccc5ccccc5c4Oc4c3ccc3ccccc43)c2)cc1. The second kappa shape index (κ2) is 14.6. The third-order valence-corrected chi connectivity index (χ3v) is 16.5. The number of nitrogens with zero attached hydrogens (tertiary/aromatic N) is 1. The number of fused-ring (bicyclic) bond motifs is 23. The predicted octanol–water partition coefficient (Wildman–Crippen LogP) is 17.9. The van der Waals surface area contributed by atoms with Gasteiger partial charge in [-0.1, -0.05) is 237 Å². The summed E-state index contributed by atoms with van der Waals surface area (Å²) in [5, 5.41) is 4.53. The number of hydrogen-bond acceptors (Lipinski definition) is 2. The Kier molecular flexibility index (Phi) is 8.05. The molecule has 0 bridgehead atoms. The summed E-state index contributed by atoms with van der Waals surface area (Å²) >= 11 is 0. The van der Waals surface area contributed by atoms with Gasteiger partial charge in [0.2, 0.25) is 0 Å². The van der Waals surface area contributed by atoms with Gasteiger partial charge in [0, 0.05) is 38.7 Å². The Morgan fingerprint density at radius 3 is 1.22 bits per heavy atom. The molecule has 12 aromatic carbocycles. The van der Waals surface area contributed by atoms with Crippen molar-refractivity contribution >= 4 is 38.6 Å². The Morgan fingerprint density at radius 2 is 0.681 bits per heavy atom. The van der Waals surface area contributed by atoms with Crippen molar-refractivity contribution in [3.63, 3.8) is 0 Å². The minimum absolute atomic E-state index is 0.497. The molecular weight excluding hydrogens is 871 g/mol. The average molecular weight is 914 g/mol. The molecule has 12 aromatic rings. The highest BCUT2D eigenvalue weighted by molar-refractivity contribution is 6.06. The molecule has 334 valence electrons. The first kappa shape index (κ1) is 39.6. The Bertz CT molecular complexity index is 4150. The van der Waals surface area contributed by atoms with Crippen LogP contribution in [0, 0.1) is 0 Å². The van der Waals surface area contributed by atoms with Crippen molar-refractivity contribution in [3.05, 3.63) is 305 Å². The third-order valence-electron chi connectivity index (χ3n) is 16.5. The van der Waals surface area contributed by atoms with Gasteiger partial charge >= 0.3 is 0 Å². The lowest BCUT2D eigenvalue weighted by atomic mass is 9.65. The van der Waals surface area contributed by atoms with Gasteiger partial charge in [-0.05, 0) is 102 Å². The fourth-order valence-electron chi connectivity index (χ4n) is 13.8. The van der Waals surface area contributed by atoms with Crippen LogP contribution in [0.1, 0.15) is 44.5 Å². The highest BCUT2D eigenvalue weighted by Crippen LogP contribution is 2.68. The van der Waals surface area contributed by atoms with E-state index >= 15 is 0 Å². The minimum atomic E-state index is -0.705. The van der Waals surface area contributed by atoms with Crippen molar-refractivity contribution in [3.8, 4) is 56.0 Å². The summed E-state index contributed by atoms with van der Waals surface area (Å²) in [6.45, 7) is 0. The molecule has 0 saturated carbocycles. The Balaban J connectivity index is 1.03. The van der Waals surface area contributed by atoms with E-state index in [0.29, 0.717) is 0 Å². The van der Waals surface area contributed by atoms with E-state index < -0.39 is 10.8 Å². The van der Waals surface area contributed by atoms with Gasteiger partial charge in [-0.15, -0.1) is 0 Å². The Hall–Kier alpha value is -9.24. The molecule has 72 heavy (non-hydrogen) atoms. The zero-order valence-corrected chi connectivity index (χ0v) is 39.2. The fourth-order valence-corrected chi connectivity index (χ4v) is 13.8. The van der Waals surface area contributed by atoms with E-state index in [1.54, 1.807) is 0 Å². The highest BCUT2D eigenvalue weighted by atomic mass is 16.5. The van der Waals surface area contributed by atoms with Crippen LogP contribution in [0.2, 0.25) is 0 Å². The molecule has 3 aliphatic carbocycles. The van der Waals surface area contributed by atoms with Crippen LogP contribution in [-0.4, -0.2) is 0 Å². The van der Waals surface area contributed by atoms with Gasteiger partial charge < -0.3 is 9.64 Å². The summed E-state index contributed by atoms with van der Waals surface area (Å²) in [6, 6.07) is 97.2. The van der Waals surface area contributed by atoms with Crippen molar-refractivity contribution < 1.29 is 4.74 Å². The summed E-state index contributed by atoms with van der Waals surface area (Å²) in [5.74, 6) is 1.83. The molecule has 0 radical (unpaired) electrons. The lowest BCUT2D eigenvalue weighted by molar-refractivity contribution is 0.447. The Morgan fingerprint density at radius 1 is 0.278 bits per heavy atom. The van der Waals surface area contributed by atoms with Crippen LogP contribution in [0.25, 0.3) is 66.1 Å². The maximum absolute atomic E-state index is 7.36. The summed E-state index contributed by atoms with van der Waals surface area (Å²) in [4.78, 5) is 2.59. The third kappa shape index (κ3) is 4.98. The fraction of sp³-hybridized carbons (Fsp3) is 0.0286. The van der Waals surface area contributed by atoms with Gasteiger partial charge in [-0.25, -0.2) is 0 Å². The molecule has 1 aliphatic heterocycles. The van der Waals surface area contributed by atoms with Crippen LogP contribution in [-0.2, 0) is 10.8 Å². The molecule has 0 atom stereocenters. The molecule has 0 amide bonds. The second-order valence-electron chi connectivity index (χ2n) is 19.8. The molecule has 0 fully saturated rings. The lowest BCUT2D eigenvalue weighted by Gasteiger charge is -2.40. The van der Waals surface area contributed by atoms with Crippen LogP contribution >= 0.6 is 0 Å². The number of anilines is 3. The van der Waals surface area contributed by atoms with Crippen molar-refractivity contribution in [2.24, 2.45) is 0 Å². The average Bonchev–Trinajstić information content (AvgIpc) is 4.04. The zero-order valence-electron chi connectivity index (χ0n) is 39.2. The van der Waals surface area contributed by atoms with Crippen LogP contribution in [0.15, 0.2) is 261 Å². The maximum Gasteiger partial charge on any atom is 0.140 e. The first-order chi connectivity index (χ1) is 35.7. The van der Waals surface area contributed by atoms with Gasteiger partial charge in [0.05, 0.1) is 22.2 Å². The molecule has 4 aliphatic rings. The maximum atomic E-state index is 7.36. The monoisotopic (exact) mass is 913 g/mol. The molecule has 0 saturated heterocycles. The van der Waals surface area contributed by atoms with Gasteiger partial charge in [0.15, 0.2) is 0 Å². The lowest BCUT2D eigenvalue weighted by Crippen LogP contribution is -2.32. The van der Waals surface area contributed by atoms with Crippen LogP contribution in [0.4, 0.5) is 17.1 Å². The minimum Gasteiger partial charge on any atom is -0.455 e. The second-order valence-corrected chi connectivity index (χ2v) is 19.8. The molecule has 0 N–H and O–H groups in total. The highest BCUT2D eigenvalue weighted by Gasteiger charge is 2.55. The van der Waals surface area contributed by atoms with E-state index in [1.807, 2.05) is 0 Å². The summed E-state index contributed by atoms with van der Waals surface area (Å²) in [5.41, 5.74) is 22.1. The zero-order chi connectivity index (χ0) is 47.1. The van der Waals surface area contributed by atoms with E-state index in [9.17, 15) is 0 Å². The van der Waals surface area contributed by atoms with Crippen LogP contribution in [0.5, 0.6) is 11.5 Å². The van der Waals surface area contributed by atoms with E-state index in [1.165, 1.54) is 72.3 Å². The van der Waals surface area contributed by atoms with E-state index in [-0.39, 0.29) is 0 Å². The molecule has 2 spiro atoms. The quantitative estimate of drug-likeness (QED) is 0.174. The molecule has 0 unspecified atom stereocenters. The molecule has 2 heteroatoms. The molecule has 0 aromatic heterocycles. The van der Waals surface area contributed by atoms with E-state index in [0.717, 1.165) is 66.8 Å². The smallest absolute Gasteiger partial charge is 0.140 e. The van der Waals surface area contributed by atoms with E-state index in [2.05, 4.69) is 266 Å². The normalized spacial score (nSPS) is 14.2. The molecule has 16 rings (SSSR count). The van der Waals surface area contributed by atoms with Crippen molar-refractivity contribution in [2.45, 2.75) is 10.8 Å².